The number of likely N-dealkylation sites (tertiary alicyclic amines) is 1. The van der Waals surface area contributed by atoms with E-state index in [1.165, 1.54) is 0 Å². The minimum absolute atomic E-state index is 0.131. The van der Waals surface area contributed by atoms with Crippen LogP contribution >= 0.6 is 11.6 Å². The first-order valence-corrected chi connectivity index (χ1v) is 8.41. The molecule has 128 valence electrons. The van der Waals surface area contributed by atoms with Crippen LogP contribution in [0.15, 0.2) is 24.3 Å². The number of carbonyl (C=O) groups is 3. The Morgan fingerprint density at radius 2 is 1.92 bits per heavy atom. The average Bonchev–Trinajstić information content (AvgIpc) is 2.96. The highest BCUT2D eigenvalue weighted by Gasteiger charge is 2.39. The fraction of sp³-hybridized carbons (Fsp3) is 0.471. The van der Waals surface area contributed by atoms with Crippen LogP contribution < -0.4 is 4.90 Å². The molecular formula is C17H19ClN2O4. The van der Waals surface area contributed by atoms with Gasteiger partial charge in [-0.3, -0.25) is 14.4 Å². The number of carbonyl (C=O) groups excluding carboxylic acids is 2. The predicted molar refractivity (Wildman–Crippen MR) is 88.9 cm³/mol. The van der Waals surface area contributed by atoms with Crippen molar-refractivity contribution in [3.05, 3.63) is 29.3 Å². The van der Waals surface area contributed by atoms with Gasteiger partial charge in [0.05, 0.1) is 22.5 Å². The number of benzene rings is 1. The van der Waals surface area contributed by atoms with Crippen LogP contribution in [0, 0.1) is 11.8 Å². The summed E-state index contributed by atoms with van der Waals surface area (Å²) in [6.07, 6.45) is 1.41. The van der Waals surface area contributed by atoms with Gasteiger partial charge in [-0.15, -0.1) is 0 Å². The first kappa shape index (κ1) is 16.8. The number of carboxylic acid groups (broad SMARTS) is 1. The molecule has 2 atom stereocenters. The number of hydrogen-bond donors (Lipinski definition) is 1. The average molecular weight is 351 g/mol. The van der Waals surface area contributed by atoms with Gasteiger partial charge in [-0.2, -0.15) is 0 Å². The fourth-order valence-electron chi connectivity index (χ4n) is 3.41. The van der Waals surface area contributed by atoms with Crippen LogP contribution in [0.5, 0.6) is 0 Å². The van der Waals surface area contributed by atoms with E-state index in [1.807, 2.05) is 0 Å². The van der Waals surface area contributed by atoms with E-state index >= 15 is 0 Å². The molecule has 0 saturated carbocycles. The summed E-state index contributed by atoms with van der Waals surface area (Å²) in [6.45, 7) is 1.07. The molecule has 0 unspecified atom stereocenters. The lowest BCUT2D eigenvalue weighted by atomic mass is 9.96. The smallest absolute Gasteiger partial charge is 0.308 e. The Bertz CT molecular complexity index is 678. The van der Waals surface area contributed by atoms with Crippen LogP contribution in [-0.2, 0) is 14.4 Å². The molecule has 2 amide bonds. The molecule has 0 radical (unpaired) electrons. The second-order valence-corrected chi connectivity index (χ2v) is 6.73. The molecule has 1 N–H and O–H groups in total. The molecule has 0 spiro atoms. The molecule has 2 heterocycles. The zero-order valence-corrected chi connectivity index (χ0v) is 13.9. The van der Waals surface area contributed by atoms with E-state index in [0.29, 0.717) is 30.1 Å². The van der Waals surface area contributed by atoms with Crippen LogP contribution in [0.1, 0.15) is 19.3 Å². The Morgan fingerprint density at radius 3 is 2.62 bits per heavy atom. The SMILES string of the molecule is O=C(O)[C@H]1CCCN(C(=O)[C@@H]2CC(=O)N(c3ccccc3Cl)C2)C1. The van der Waals surface area contributed by atoms with Gasteiger partial charge in [-0.1, -0.05) is 23.7 Å². The first-order chi connectivity index (χ1) is 11.5. The van der Waals surface area contributed by atoms with Crippen molar-refractivity contribution in [3.63, 3.8) is 0 Å². The topological polar surface area (TPSA) is 77.9 Å². The van der Waals surface area contributed by atoms with Gasteiger partial charge in [0.15, 0.2) is 0 Å². The number of carboxylic acids is 1. The van der Waals surface area contributed by atoms with Crippen molar-refractivity contribution >= 4 is 35.1 Å². The summed E-state index contributed by atoms with van der Waals surface area (Å²) in [6, 6.07) is 7.05. The minimum Gasteiger partial charge on any atom is -0.481 e. The Balaban J connectivity index is 1.70. The normalized spacial score (nSPS) is 24.3. The molecule has 2 aliphatic rings. The Kier molecular flexibility index (Phi) is 4.76. The summed E-state index contributed by atoms with van der Waals surface area (Å²) >= 11 is 6.15. The first-order valence-electron chi connectivity index (χ1n) is 8.04. The van der Waals surface area contributed by atoms with Gasteiger partial charge in [0.25, 0.3) is 0 Å². The van der Waals surface area contributed by atoms with Gasteiger partial charge in [0, 0.05) is 26.1 Å². The van der Waals surface area contributed by atoms with Crippen LogP contribution in [0.2, 0.25) is 5.02 Å². The van der Waals surface area contributed by atoms with Crippen molar-refractivity contribution in [2.75, 3.05) is 24.5 Å². The molecule has 24 heavy (non-hydrogen) atoms. The maximum absolute atomic E-state index is 12.7. The molecule has 0 aliphatic carbocycles. The second kappa shape index (κ2) is 6.81. The van der Waals surface area contributed by atoms with E-state index in [2.05, 4.69) is 0 Å². The maximum atomic E-state index is 12.7. The lowest BCUT2D eigenvalue weighted by Gasteiger charge is -2.32. The van der Waals surface area contributed by atoms with Crippen molar-refractivity contribution in [2.45, 2.75) is 19.3 Å². The van der Waals surface area contributed by atoms with Gasteiger partial charge in [0.1, 0.15) is 0 Å². The molecule has 1 aromatic carbocycles. The van der Waals surface area contributed by atoms with E-state index in [-0.39, 0.29) is 31.3 Å². The summed E-state index contributed by atoms with van der Waals surface area (Å²) in [5.74, 6) is -2.09. The number of hydrogen-bond acceptors (Lipinski definition) is 3. The third kappa shape index (κ3) is 3.24. The number of para-hydroxylation sites is 1. The lowest BCUT2D eigenvalue weighted by molar-refractivity contribution is -0.146. The van der Waals surface area contributed by atoms with Crippen LogP contribution in [-0.4, -0.2) is 47.4 Å². The van der Waals surface area contributed by atoms with E-state index in [9.17, 15) is 14.4 Å². The van der Waals surface area contributed by atoms with Crippen LogP contribution in [0.4, 0.5) is 5.69 Å². The fourth-order valence-corrected chi connectivity index (χ4v) is 3.65. The molecule has 0 bridgehead atoms. The number of piperidine rings is 1. The van der Waals surface area contributed by atoms with Crippen molar-refractivity contribution in [1.82, 2.24) is 4.90 Å². The monoisotopic (exact) mass is 350 g/mol. The summed E-state index contributed by atoms with van der Waals surface area (Å²) in [5, 5.41) is 9.63. The number of amides is 2. The summed E-state index contributed by atoms with van der Waals surface area (Å²) in [4.78, 5) is 39.3. The van der Waals surface area contributed by atoms with Gasteiger partial charge < -0.3 is 14.9 Å². The van der Waals surface area contributed by atoms with E-state index in [1.54, 1.807) is 34.1 Å². The quantitative estimate of drug-likeness (QED) is 0.904. The highest BCUT2D eigenvalue weighted by atomic mass is 35.5. The molecule has 6 nitrogen and oxygen atoms in total. The summed E-state index contributed by atoms with van der Waals surface area (Å²) in [5.41, 5.74) is 0.613. The summed E-state index contributed by atoms with van der Waals surface area (Å²) in [7, 11) is 0. The molecule has 2 aliphatic heterocycles. The van der Waals surface area contributed by atoms with Crippen LogP contribution in [0.3, 0.4) is 0 Å². The minimum atomic E-state index is -0.868. The third-order valence-corrected chi connectivity index (χ3v) is 5.02. The zero-order chi connectivity index (χ0) is 17.3. The van der Waals surface area contributed by atoms with E-state index in [0.717, 1.165) is 0 Å². The standard InChI is InChI=1S/C17H19ClN2O4/c18-13-5-1-2-6-14(13)20-10-12(8-15(20)21)16(22)19-7-3-4-11(9-19)17(23)24/h1-2,5-6,11-12H,3-4,7-10H2,(H,23,24)/t11-,12+/m0/s1. The Hall–Kier alpha value is -2.08. The molecule has 0 aromatic heterocycles. The molecular weight excluding hydrogens is 332 g/mol. The molecule has 7 heteroatoms. The predicted octanol–water partition coefficient (Wildman–Crippen LogP) is 2.02. The van der Waals surface area contributed by atoms with Crippen LogP contribution in [0.25, 0.3) is 0 Å². The highest BCUT2D eigenvalue weighted by Crippen LogP contribution is 2.32. The number of nitrogens with zero attached hydrogens (tertiary/aromatic N) is 2. The molecule has 2 saturated heterocycles. The number of rotatable bonds is 3. The lowest BCUT2D eigenvalue weighted by Crippen LogP contribution is -2.45. The summed E-state index contributed by atoms with van der Waals surface area (Å²) < 4.78 is 0. The van der Waals surface area contributed by atoms with Gasteiger partial charge >= 0.3 is 5.97 Å². The van der Waals surface area contributed by atoms with Gasteiger partial charge in [0.2, 0.25) is 11.8 Å². The van der Waals surface area contributed by atoms with Crippen molar-refractivity contribution in [1.29, 1.82) is 0 Å². The number of aliphatic carboxylic acids is 1. The third-order valence-electron chi connectivity index (χ3n) is 4.70. The van der Waals surface area contributed by atoms with Crippen molar-refractivity contribution in [2.24, 2.45) is 11.8 Å². The second-order valence-electron chi connectivity index (χ2n) is 6.32. The molecule has 1 aromatic rings. The van der Waals surface area contributed by atoms with Crippen molar-refractivity contribution < 1.29 is 19.5 Å². The maximum Gasteiger partial charge on any atom is 0.308 e. The van der Waals surface area contributed by atoms with E-state index < -0.39 is 17.8 Å². The molecule has 2 fully saturated rings. The van der Waals surface area contributed by atoms with E-state index in [4.69, 9.17) is 16.7 Å². The van der Waals surface area contributed by atoms with Gasteiger partial charge in [-0.05, 0) is 25.0 Å². The number of anilines is 1. The Morgan fingerprint density at radius 1 is 1.17 bits per heavy atom. The van der Waals surface area contributed by atoms with Crippen molar-refractivity contribution in [3.8, 4) is 0 Å². The highest BCUT2D eigenvalue weighted by molar-refractivity contribution is 6.33. The molecule has 3 rings (SSSR count). The van der Waals surface area contributed by atoms with Gasteiger partial charge in [-0.25, -0.2) is 0 Å². The Labute approximate surface area is 145 Å². The zero-order valence-electron chi connectivity index (χ0n) is 13.2. The largest absolute Gasteiger partial charge is 0.481 e. The number of halogens is 1.